The molecule has 0 amide bonds. The summed E-state index contributed by atoms with van der Waals surface area (Å²) in [4.78, 5) is 4.52. The number of nitrogens with zero attached hydrogens (tertiary/aromatic N) is 2. The molecular formula is C17H22N4O3S. The summed E-state index contributed by atoms with van der Waals surface area (Å²) in [7, 11) is -3.50. The van der Waals surface area contributed by atoms with Crippen LogP contribution in [0.4, 0.5) is 5.69 Å². The molecule has 0 radical (unpaired) electrons. The summed E-state index contributed by atoms with van der Waals surface area (Å²) in [6.07, 6.45) is 4.82. The maximum absolute atomic E-state index is 12.5. The van der Waals surface area contributed by atoms with Crippen molar-refractivity contribution in [2.24, 2.45) is 0 Å². The molecule has 2 aliphatic rings. The molecule has 8 heteroatoms. The number of benzene rings is 1. The summed E-state index contributed by atoms with van der Waals surface area (Å²) in [5, 5.41) is 7.22. The zero-order valence-electron chi connectivity index (χ0n) is 13.9. The monoisotopic (exact) mass is 362 g/mol. The standard InChI is InChI=1S/C17H22N4O3S/c22-25(23,11-13-5-3-4-10-24-13)21-15-7-2-1-6-14(15)17-18-16(19-20-17)12-8-9-12/h1-2,6-7,12-13,21H,3-5,8-11H2,(H,18,19,20). The van der Waals surface area contributed by atoms with Crippen LogP contribution >= 0.6 is 0 Å². The minimum absolute atomic E-state index is 0.0251. The van der Waals surface area contributed by atoms with E-state index in [1.165, 1.54) is 0 Å². The molecule has 2 aromatic rings. The van der Waals surface area contributed by atoms with Crippen molar-refractivity contribution >= 4 is 15.7 Å². The Morgan fingerprint density at radius 1 is 1.20 bits per heavy atom. The highest BCUT2D eigenvalue weighted by atomic mass is 32.2. The van der Waals surface area contributed by atoms with Crippen LogP contribution in [0, 0.1) is 0 Å². The Labute approximate surface area is 147 Å². The van der Waals surface area contributed by atoms with Gasteiger partial charge in [-0.2, -0.15) is 5.10 Å². The van der Waals surface area contributed by atoms with Crippen molar-refractivity contribution in [1.82, 2.24) is 15.2 Å². The van der Waals surface area contributed by atoms with E-state index in [0.717, 1.165) is 37.9 Å². The van der Waals surface area contributed by atoms with E-state index in [0.29, 0.717) is 29.6 Å². The molecule has 2 heterocycles. The molecular weight excluding hydrogens is 340 g/mol. The Morgan fingerprint density at radius 2 is 2.04 bits per heavy atom. The first kappa shape index (κ1) is 16.5. The lowest BCUT2D eigenvalue weighted by Gasteiger charge is -2.22. The summed E-state index contributed by atoms with van der Waals surface area (Å²) in [6.45, 7) is 0.637. The number of hydrogen-bond donors (Lipinski definition) is 2. The van der Waals surface area contributed by atoms with Gasteiger partial charge in [0.25, 0.3) is 0 Å². The Hall–Kier alpha value is -1.93. The number of para-hydroxylation sites is 1. The van der Waals surface area contributed by atoms with E-state index >= 15 is 0 Å². The maximum atomic E-state index is 12.5. The topological polar surface area (TPSA) is 97.0 Å². The van der Waals surface area contributed by atoms with Crippen LogP contribution in [0.3, 0.4) is 0 Å². The van der Waals surface area contributed by atoms with E-state index in [4.69, 9.17) is 4.74 Å². The fraction of sp³-hybridized carbons (Fsp3) is 0.529. The van der Waals surface area contributed by atoms with Crippen molar-refractivity contribution in [3.05, 3.63) is 30.1 Å². The number of H-pyrrole nitrogens is 1. The van der Waals surface area contributed by atoms with E-state index in [2.05, 4.69) is 19.9 Å². The van der Waals surface area contributed by atoms with Gasteiger partial charge in [0.05, 0.1) is 17.5 Å². The second-order valence-corrected chi connectivity index (χ2v) is 8.50. The van der Waals surface area contributed by atoms with Crippen LogP contribution in [0.15, 0.2) is 24.3 Å². The number of sulfonamides is 1. The van der Waals surface area contributed by atoms with E-state index < -0.39 is 10.0 Å². The third kappa shape index (κ3) is 4.01. The Kier molecular flexibility index (Phi) is 4.47. The Morgan fingerprint density at radius 3 is 2.80 bits per heavy atom. The largest absolute Gasteiger partial charge is 0.377 e. The first-order valence-corrected chi connectivity index (χ1v) is 10.4. The molecule has 1 aliphatic heterocycles. The van der Waals surface area contributed by atoms with Gasteiger partial charge in [0.1, 0.15) is 5.82 Å². The molecule has 134 valence electrons. The molecule has 25 heavy (non-hydrogen) atoms. The van der Waals surface area contributed by atoms with E-state index in [9.17, 15) is 8.42 Å². The zero-order valence-corrected chi connectivity index (χ0v) is 14.8. The number of aromatic nitrogens is 3. The lowest BCUT2D eigenvalue weighted by Crippen LogP contribution is -2.31. The molecule has 0 spiro atoms. The van der Waals surface area contributed by atoms with Gasteiger partial charge in [-0.25, -0.2) is 13.4 Å². The fourth-order valence-corrected chi connectivity index (χ4v) is 4.44. The fourth-order valence-electron chi connectivity index (χ4n) is 3.09. The van der Waals surface area contributed by atoms with Crippen molar-refractivity contribution < 1.29 is 13.2 Å². The molecule has 1 aliphatic carbocycles. The van der Waals surface area contributed by atoms with Crippen LogP contribution in [0.2, 0.25) is 0 Å². The molecule has 1 aromatic heterocycles. The molecule has 1 atom stereocenters. The minimum atomic E-state index is -3.50. The predicted molar refractivity (Wildman–Crippen MR) is 94.8 cm³/mol. The highest BCUT2D eigenvalue weighted by Crippen LogP contribution is 2.38. The summed E-state index contributed by atoms with van der Waals surface area (Å²) in [6, 6.07) is 7.22. The maximum Gasteiger partial charge on any atom is 0.235 e. The second kappa shape index (κ2) is 6.76. The van der Waals surface area contributed by atoms with Gasteiger partial charge in [-0.1, -0.05) is 12.1 Å². The van der Waals surface area contributed by atoms with Gasteiger partial charge in [-0.15, -0.1) is 0 Å². The SMILES string of the molecule is O=S(=O)(CC1CCCCO1)Nc1ccccc1-c1n[nH]c(C2CC2)n1. The van der Waals surface area contributed by atoms with Crippen molar-refractivity contribution in [3.8, 4) is 11.4 Å². The minimum Gasteiger partial charge on any atom is -0.377 e. The van der Waals surface area contributed by atoms with E-state index in [-0.39, 0.29) is 11.9 Å². The van der Waals surface area contributed by atoms with Crippen LogP contribution in [0.25, 0.3) is 11.4 Å². The van der Waals surface area contributed by atoms with E-state index in [1.54, 1.807) is 12.1 Å². The summed E-state index contributed by atoms with van der Waals surface area (Å²) in [5.41, 5.74) is 1.18. The van der Waals surface area contributed by atoms with Gasteiger partial charge in [0.2, 0.25) is 10.0 Å². The molecule has 4 rings (SSSR count). The molecule has 1 aromatic carbocycles. The first-order chi connectivity index (χ1) is 12.1. The summed E-state index contributed by atoms with van der Waals surface area (Å²) in [5.74, 6) is 1.84. The zero-order chi connectivity index (χ0) is 17.3. The molecule has 2 fully saturated rings. The van der Waals surface area contributed by atoms with Crippen LogP contribution in [-0.2, 0) is 14.8 Å². The van der Waals surface area contributed by atoms with Crippen LogP contribution in [-0.4, -0.2) is 42.1 Å². The average molecular weight is 362 g/mol. The van der Waals surface area contributed by atoms with Crippen LogP contribution in [0.5, 0.6) is 0 Å². The lowest BCUT2D eigenvalue weighted by atomic mass is 10.1. The molecule has 1 unspecified atom stereocenters. The predicted octanol–water partition coefficient (Wildman–Crippen LogP) is 2.66. The van der Waals surface area contributed by atoms with Gasteiger partial charge in [-0.3, -0.25) is 9.82 Å². The number of ether oxygens (including phenoxy) is 1. The molecule has 0 bridgehead atoms. The van der Waals surface area contributed by atoms with Gasteiger partial charge >= 0.3 is 0 Å². The van der Waals surface area contributed by atoms with Crippen molar-refractivity contribution in [1.29, 1.82) is 0 Å². The first-order valence-electron chi connectivity index (χ1n) is 8.74. The smallest absolute Gasteiger partial charge is 0.235 e. The second-order valence-electron chi connectivity index (χ2n) is 6.74. The van der Waals surface area contributed by atoms with Gasteiger partial charge in [-0.05, 0) is 44.2 Å². The van der Waals surface area contributed by atoms with E-state index in [1.807, 2.05) is 12.1 Å². The van der Waals surface area contributed by atoms with Gasteiger partial charge in [0, 0.05) is 18.1 Å². The van der Waals surface area contributed by atoms with Crippen molar-refractivity contribution in [2.45, 2.75) is 44.1 Å². The molecule has 2 N–H and O–H groups in total. The summed E-state index contributed by atoms with van der Waals surface area (Å²) >= 11 is 0. The van der Waals surface area contributed by atoms with Gasteiger partial charge < -0.3 is 4.74 Å². The van der Waals surface area contributed by atoms with Crippen LogP contribution < -0.4 is 4.72 Å². The molecule has 7 nitrogen and oxygen atoms in total. The normalized spacial score (nSPS) is 21.2. The average Bonchev–Trinajstić information content (AvgIpc) is 3.33. The van der Waals surface area contributed by atoms with Crippen molar-refractivity contribution in [2.75, 3.05) is 17.1 Å². The number of rotatable bonds is 6. The Balaban J connectivity index is 1.53. The van der Waals surface area contributed by atoms with Crippen molar-refractivity contribution in [3.63, 3.8) is 0 Å². The third-order valence-electron chi connectivity index (χ3n) is 4.58. The molecule has 1 saturated heterocycles. The quantitative estimate of drug-likeness (QED) is 0.823. The lowest BCUT2D eigenvalue weighted by molar-refractivity contribution is 0.0306. The third-order valence-corrected chi connectivity index (χ3v) is 5.92. The summed E-state index contributed by atoms with van der Waals surface area (Å²) < 4.78 is 33.3. The number of nitrogens with one attached hydrogen (secondary N) is 2. The number of anilines is 1. The molecule has 1 saturated carbocycles. The number of aromatic amines is 1. The highest BCUT2D eigenvalue weighted by molar-refractivity contribution is 7.92. The Bertz CT molecular complexity index is 839. The van der Waals surface area contributed by atoms with Gasteiger partial charge in [0.15, 0.2) is 5.82 Å². The number of hydrogen-bond acceptors (Lipinski definition) is 5. The highest BCUT2D eigenvalue weighted by Gasteiger charge is 2.28. The van der Waals surface area contributed by atoms with Crippen LogP contribution in [0.1, 0.15) is 43.8 Å².